The zero-order chi connectivity index (χ0) is 14.8. The van der Waals surface area contributed by atoms with Crippen LogP contribution in [0.1, 0.15) is 50.7 Å². The normalized spacial score (nSPS) is 14.2. The third-order valence-corrected chi connectivity index (χ3v) is 4.91. The monoisotopic (exact) mass is 295 g/mol. The van der Waals surface area contributed by atoms with E-state index in [1.165, 1.54) is 17.5 Å². The zero-order valence-corrected chi connectivity index (χ0v) is 14.0. The molecule has 0 aliphatic carbocycles. The third kappa shape index (κ3) is 7.20. The van der Waals surface area contributed by atoms with E-state index in [0.29, 0.717) is 11.8 Å². The summed E-state index contributed by atoms with van der Waals surface area (Å²) in [5.41, 5.74) is 2.44. The first-order valence-corrected chi connectivity index (χ1v) is 9.28. The topological polar surface area (TPSA) is 29.1 Å². The van der Waals surface area contributed by atoms with Gasteiger partial charge in [-0.25, -0.2) is 0 Å². The van der Waals surface area contributed by atoms with Crippen LogP contribution >= 0.6 is 0 Å². The fraction of sp³-hybridized carbons (Fsp3) is 0.647. The Balaban J connectivity index is 2.25. The van der Waals surface area contributed by atoms with E-state index in [1.807, 2.05) is 6.07 Å². The summed E-state index contributed by atoms with van der Waals surface area (Å²) in [4.78, 5) is 0. The van der Waals surface area contributed by atoms with Crippen molar-refractivity contribution in [1.82, 2.24) is 5.32 Å². The molecule has 0 bridgehead atoms. The van der Waals surface area contributed by atoms with Crippen molar-refractivity contribution in [2.45, 2.75) is 58.2 Å². The Hall–Kier alpha value is -0.670. The van der Waals surface area contributed by atoms with Crippen LogP contribution in [0.15, 0.2) is 24.3 Å². The molecule has 0 saturated carbocycles. The van der Waals surface area contributed by atoms with Crippen LogP contribution in [0, 0.1) is 6.92 Å². The Morgan fingerprint density at radius 1 is 1.30 bits per heavy atom. The minimum Gasteiger partial charge on any atom is -0.314 e. The Morgan fingerprint density at radius 2 is 2.10 bits per heavy atom. The first-order chi connectivity index (χ1) is 9.65. The van der Waals surface area contributed by atoms with Gasteiger partial charge in [0.15, 0.2) is 0 Å². The second-order valence-corrected chi connectivity index (χ2v) is 7.06. The van der Waals surface area contributed by atoms with Gasteiger partial charge in [-0.2, -0.15) is 0 Å². The maximum atomic E-state index is 12.1. The molecule has 0 aromatic heterocycles. The number of hydrogen-bond acceptors (Lipinski definition) is 2. The van der Waals surface area contributed by atoms with Gasteiger partial charge in [-0.15, -0.1) is 0 Å². The van der Waals surface area contributed by atoms with Crippen LogP contribution in [0.3, 0.4) is 0 Å². The largest absolute Gasteiger partial charge is 0.314 e. The molecule has 2 nitrogen and oxygen atoms in total. The number of hydrogen-bond donors (Lipinski definition) is 1. The summed E-state index contributed by atoms with van der Waals surface area (Å²) in [5.74, 6) is 1.51. The summed E-state index contributed by atoms with van der Waals surface area (Å²) in [6.07, 6.45) is 4.52. The van der Waals surface area contributed by atoms with Gasteiger partial charge in [0.2, 0.25) is 0 Å². The smallest absolute Gasteiger partial charge is 0.0485 e. The van der Waals surface area contributed by atoms with E-state index in [-0.39, 0.29) is 0 Å². The van der Waals surface area contributed by atoms with Gasteiger partial charge in [0.05, 0.1) is 0 Å². The minimum atomic E-state index is -0.731. The van der Waals surface area contributed by atoms with Crippen molar-refractivity contribution in [3.8, 4) is 0 Å². The molecule has 2 atom stereocenters. The molecule has 1 rings (SSSR count). The Kier molecular flexibility index (Phi) is 8.79. The SMILES string of the molecule is CCCNC(CC)CCCS(=O)Cc1cccc(C)c1. The molecular formula is C17H29NOS. The van der Waals surface area contributed by atoms with Gasteiger partial charge in [-0.05, 0) is 44.7 Å². The van der Waals surface area contributed by atoms with Crippen molar-refractivity contribution in [3.63, 3.8) is 0 Å². The van der Waals surface area contributed by atoms with E-state index in [4.69, 9.17) is 0 Å². The maximum absolute atomic E-state index is 12.1. The molecule has 0 aliphatic rings. The second kappa shape index (κ2) is 10.1. The quantitative estimate of drug-likeness (QED) is 0.711. The highest BCUT2D eigenvalue weighted by atomic mass is 32.2. The van der Waals surface area contributed by atoms with Gasteiger partial charge < -0.3 is 5.32 Å². The first-order valence-electron chi connectivity index (χ1n) is 7.79. The summed E-state index contributed by atoms with van der Waals surface area (Å²) in [7, 11) is -0.731. The first kappa shape index (κ1) is 17.4. The minimum absolute atomic E-state index is 0.589. The summed E-state index contributed by atoms with van der Waals surface area (Å²) >= 11 is 0. The fourth-order valence-electron chi connectivity index (χ4n) is 2.35. The lowest BCUT2D eigenvalue weighted by atomic mass is 10.1. The second-order valence-electron chi connectivity index (χ2n) is 5.48. The standard InChI is InChI=1S/C17H29NOS/c1-4-11-18-17(5-2)10-7-12-20(19)14-16-9-6-8-15(3)13-16/h6,8-9,13,17-18H,4-5,7,10-12,14H2,1-3H3. The molecule has 0 amide bonds. The molecule has 0 spiro atoms. The summed E-state index contributed by atoms with van der Waals surface area (Å²) in [6.45, 7) is 7.58. The van der Waals surface area contributed by atoms with E-state index < -0.39 is 10.8 Å². The van der Waals surface area contributed by atoms with Gasteiger partial charge in [0.1, 0.15) is 0 Å². The van der Waals surface area contributed by atoms with E-state index in [1.54, 1.807) is 0 Å². The Bertz CT molecular complexity index is 406. The highest BCUT2D eigenvalue weighted by Crippen LogP contribution is 2.09. The van der Waals surface area contributed by atoms with E-state index in [0.717, 1.165) is 31.6 Å². The van der Waals surface area contributed by atoms with Crippen molar-refractivity contribution in [2.24, 2.45) is 0 Å². The third-order valence-electron chi connectivity index (χ3n) is 3.51. The summed E-state index contributed by atoms with van der Waals surface area (Å²) in [6, 6.07) is 8.92. The molecule has 20 heavy (non-hydrogen) atoms. The molecule has 1 N–H and O–H groups in total. The highest BCUT2D eigenvalue weighted by Gasteiger charge is 2.07. The lowest BCUT2D eigenvalue weighted by Gasteiger charge is -2.16. The molecule has 1 aromatic carbocycles. The van der Waals surface area contributed by atoms with Crippen molar-refractivity contribution in [3.05, 3.63) is 35.4 Å². The van der Waals surface area contributed by atoms with Crippen molar-refractivity contribution in [1.29, 1.82) is 0 Å². The predicted molar refractivity (Wildman–Crippen MR) is 89.5 cm³/mol. The number of rotatable bonds is 10. The van der Waals surface area contributed by atoms with E-state index >= 15 is 0 Å². The van der Waals surface area contributed by atoms with Crippen LogP contribution in [0.2, 0.25) is 0 Å². The fourth-order valence-corrected chi connectivity index (χ4v) is 3.53. The average Bonchev–Trinajstić information content (AvgIpc) is 2.42. The summed E-state index contributed by atoms with van der Waals surface area (Å²) < 4.78 is 12.1. The molecule has 0 radical (unpaired) electrons. The van der Waals surface area contributed by atoms with Gasteiger partial charge in [0.25, 0.3) is 0 Å². The van der Waals surface area contributed by atoms with Crippen molar-refractivity contribution < 1.29 is 4.21 Å². The van der Waals surface area contributed by atoms with Crippen LogP contribution in [-0.4, -0.2) is 22.5 Å². The van der Waals surface area contributed by atoms with Gasteiger partial charge in [-0.3, -0.25) is 4.21 Å². The van der Waals surface area contributed by atoms with Crippen molar-refractivity contribution in [2.75, 3.05) is 12.3 Å². The number of aryl methyl sites for hydroxylation is 1. The van der Waals surface area contributed by atoms with Crippen LogP contribution in [0.4, 0.5) is 0 Å². The van der Waals surface area contributed by atoms with Gasteiger partial charge in [0, 0.05) is 28.3 Å². The Morgan fingerprint density at radius 3 is 2.75 bits per heavy atom. The average molecular weight is 295 g/mol. The lowest BCUT2D eigenvalue weighted by Crippen LogP contribution is -2.29. The molecule has 2 unspecified atom stereocenters. The molecule has 0 heterocycles. The molecule has 1 aromatic rings. The van der Waals surface area contributed by atoms with Gasteiger partial charge >= 0.3 is 0 Å². The van der Waals surface area contributed by atoms with Crippen LogP contribution in [-0.2, 0) is 16.6 Å². The van der Waals surface area contributed by atoms with Crippen molar-refractivity contribution >= 4 is 10.8 Å². The van der Waals surface area contributed by atoms with E-state index in [2.05, 4.69) is 44.3 Å². The summed E-state index contributed by atoms with van der Waals surface area (Å²) in [5, 5.41) is 3.55. The maximum Gasteiger partial charge on any atom is 0.0485 e. The predicted octanol–water partition coefficient (Wildman–Crippen LogP) is 3.80. The highest BCUT2D eigenvalue weighted by molar-refractivity contribution is 7.84. The zero-order valence-electron chi connectivity index (χ0n) is 13.2. The molecule has 0 saturated heterocycles. The Labute approximate surface area is 126 Å². The molecule has 114 valence electrons. The number of nitrogens with one attached hydrogen (secondary N) is 1. The molecule has 0 fully saturated rings. The van der Waals surface area contributed by atoms with Crippen LogP contribution < -0.4 is 5.32 Å². The lowest BCUT2D eigenvalue weighted by molar-refractivity contribution is 0.464. The molecule has 3 heteroatoms. The van der Waals surface area contributed by atoms with Gasteiger partial charge in [-0.1, -0.05) is 43.7 Å². The molecule has 0 aliphatic heterocycles. The van der Waals surface area contributed by atoms with Crippen LogP contribution in [0.25, 0.3) is 0 Å². The van der Waals surface area contributed by atoms with E-state index in [9.17, 15) is 4.21 Å². The number of benzene rings is 1. The molecular weight excluding hydrogens is 266 g/mol. The van der Waals surface area contributed by atoms with Crippen LogP contribution in [0.5, 0.6) is 0 Å².